The third-order valence-corrected chi connectivity index (χ3v) is 5.99. The summed E-state index contributed by atoms with van der Waals surface area (Å²) in [5, 5.41) is 10.0. The number of aryl methyl sites for hydroxylation is 2. The molecule has 0 saturated heterocycles. The Morgan fingerprint density at radius 2 is 1.96 bits per heavy atom. The summed E-state index contributed by atoms with van der Waals surface area (Å²) in [5.41, 5.74) is 1.77. The molecule has 0 amide bonds. The second kappa shape index (κ2) is 7.72. The molecule has 0 aliphatic rings. The molecule has 0 atom stereocenters. The van der Waals surface area contributed by atoms with Crippen LogP contribution in [-0.2, 0) is 6.54 Å². The van der Waals surface area contributed by atoms with Crippen LogP contribution >= 0.6 is 34.7 Å². The second-order valence-corrected chi connectivity index (χ2v) is 8.44. The molecule has 0 aliphatic carbocycles. The summed E-state index contributed by atoms with van der Waals surface area (Å²) in [6.45, 7) is 6.79. The van der Waals surface area contributed by atoms with Gasteiger partial charge >= 0.3 is 0 Å². The normalized spacial score (nSPS) is 11.0. The number of carbonyl (C=O) groups is 1. The van der Waals surface area contributed by atoms with Crippen LogP contribution in [0.15, 0.2) is 35.5 Å². The molecule has 2 heterocycles. The monoisotopic (exact) mass is 391 g/mol. The van der Waals surface area contributed by atoms with Crippen molar-refractivity contribution >= 4 is 40.5 Å². The van der Waals surface area contributed by atoms with E-state index in [0.717, 1.165) is 38.4 Å². The lowest BCUT2D eigenvalue weighted by molar-refractivity contribution is 0.102. The lowest BCUT2D eigenvalue weighted by Crippen LogP contribution is -2.05. The molecule has 0 spiro atoms. The summed E-state index contributed by atoms with van der Waals surface area (Å²) in [5.74, 6) is 1.28. The van der Waals surface area contributed by atoms with E-state index < -0.39 is 0 Å². The number of rotatable bonds is 6. The Kier molecular flexibility index (Phi) is 5.61. The van der Waals surface area contributed by atoms with E-state index in [4.69, 9.17) is 11.6 Å². The minimum atomic E-state index is 0.130. The number of hydrogen-bond donors (Lipinski definition) is 0. The van der Waals surface area contributed by atoms with Gasteiger partial charge in [0.25, 0.3) is 0 Å². The molecule has 3 aromatic rings. The highest BCUT2D eigenvalue weighted by Gasteiger charge is 2.17. The van der Waals surface area contributed by atoms with Crippen LogP contribution in [0.4, 0.5) is 0 Å². The minimum absolute atomic E-state index is 0.130. The Bertz CT molecular complexity index is 900. The molecule has 4 nitrogen and oxygen atoms in total. The van der Waals surface area contributed by atoms with Gasteiger partial charge in [0.15, 0.2) is 16.8 Å². The van der Waals surface area contributed by atoms with E-state index in [1.54, 1.807) is 11.3 Å². The average Bonchev–Trinajstić information content (AvgIpc) is 3.15. The first-order valence-electron chi connectivity index (χ1n) is 7.91. The van der Waals surface area contributed by atoms with Crippen LogP contribution in [0.25, 0.3) is 11.4 Å². The fourth-order valence-corrected chi connectivity index (χ4v) is 4.56. The van der Waals surface area contributed by atoms with E-state index >= 15 is 0 Å². The van der Waals surface area contributed by atoms with Gasteiger partial charge < -0.3 is 4.57 Å². The van der Waals surface area contributed by atoms with E-state index in [1.165, 1.54) is 11.8 Å². The van der Waals surface area contributed by atoms with Crippen LogP contribution in [0.2, 0.25) is 5.02 Å². The number of halogens is 1. The lowest BCUT2D eigenvalue weighted by Gasteiger charge is -2.07. The van der Waals surface area contributed by atoms with Crippen LogP contribution in [-0.4, -0.2) is 26.3 Å². The Hall–Kier alpha value is -1.63. The van der Waals surface area contributed by atoms with Gasteiger partial charge in [0.1, 0.15) is 0 Å². The Labute approximate surface area is 160 Å². The molecule has 0 N–H and O–H groups in total. The number of benzene rings is 1. The number of hydrogen-bond acceptors (Lipinski definition) is 5. The molecular weight excluding hydrogens is 374 g/mol. The van der Waals surface area contributed by atoms with Crippen molar-refractivity contribution in [1.29, 1.82) is 0 Å². The standard InChI is InChI=1S/C18H18ClN3OS2/c1-4-22-17(13-5-7-14(19)8-6-13)20-21-18(22)24-10-16(23)15-9-11(2)25-12(15)3/h5-9H,4,10H2,1-3H3. The molecule has 0 radical (unpaired) electrons. The topological polar surface area (TPSA) is 47.8 Å². The highest BCUT2D eigenvalue weighted by molar-refractivity contribution is 7.99. The summed E-state index contributed by atoms with van der Waals surface area (Å²) in [6, 6.07) is 9.49. The van der Waals surface area contributed by atoms with Crippen molar-refractivity contribution in [3.05, 3.63) is 50.7 Å². The smallest absolute Gasteiger partial charge is 0.191 e. The molecule has 0 fully saturated rings. The number of carbonyl (C=O) groups excluding carboxylic acids is 1. The second-order valence-electron chi connectivity index (χ2n) is 5.60. The maximum absolute atomic E-state index is 12.5. The van der Waals surface area contributed by atoms with E-state index in [0.29, 0.717) is 10.8 Å². The summed E-state index contributed by atoms with van der Waals surface area (Å²) in [6.07, 6.45) is 0. The van der Waals surface area contributed by atoms with Gasteiger partial charge in [-0.3, -0.25) is 4.79 Å². The Balaban J connectivity index is 1.78. The van der Waals surface area contributed by atoms with Gasteiger partial charge in [-0.15, -0.1) is 21.5 Å². The Morgan fingerprint density at radius 1 is 1.24 bits per heavy atom. The van der Waals surface area contributed by atoms with Gasteiger partial charge in [0, 0.05) is 32.4 Å². The Morgan fingerprint density at radius 3 is 2.56 bits per heavy atom. The van der Waals surface area contributed by atoms with Crippen LogP contribution < -0.4 is 0 Å². The molecule has 2 aromatic heterocycles. The number of thiophene rings is 1. The number of nitrogens with zero attached hydrogens (tertiary/aromatic N) is 3. The molecule has 0 bridgehead atoms. The van der Waals surface area contributed by atoms with Crippen molar-refractivity contribution in [2.24, 2.45) is 0 Å². The van der Waals surface area contributed by atoms with Gasteiger partial charge in [-0.2, -0.15) is 0 Å². The van der Waals surface area contributed by atoms with Crippen molar-refractivity contribution in [2.45, 2.75) is 32.5 Å². The minimum Gasteiger partial charge on any atom is -0.302 e. The van der Waals surface area contributed by atoms with E-state index in [9.17, 15) is 4.79 Å². The molecule has 0 aliphatic heterocycles. The summed E-state index contributed by atoms with van der Waals surface area (Å²) in [7, 11) is 0. The molecule has 7 heteroatoms. The highest BCUT2D eigenvalue weighted by Crippen LogP contribution is 2.27. The first kappa shape index (κ1) is 18.2. The zero-order chi connectivity index (χ0) is 18.0. The molecule has 0 unspecified atom stereocenters. The average molecular weight is 392 g/mol. The van der Waals surface area contributed by atoms with Crippen molar-refractivity contribution < 1.29 is 4.79 Å². The van der Waals surface area contributed by atoms with E-state index in [-0.39, 0.29) is 5.78 Å². The molecule has 3 rings (SSSR count). The fraction of sp³-hybridized carbons (Fsp3) is 0.278. The molecular formula is C18H18ClN3OS2. The van der Waals surface area contributed by atoms with Crippen molar-refractivity contribution in [3.63, 3.8) is 0 Å². The largest absolute Gasteiger partial charge is 0.302 e. The molecule has 1 aromatic carbocycles. The van der Waals surface area contributed by atoms with Gasteiger partial charge in [0.2, 0.25) is 0 Å². The van der Waals surface area contributed by atoms with E-state index in [1.807, 2.05) is 55.7 Å². The first-order chi connectivity index (χ1) is 12.0. The molecule has 25 heavy (non-hydrogen) atoms. The van der Waals surface area contributed by atoms with Crippen molar-refractivity contribution in [3.8, 4) is 11.4 Å². The third kappa shape index (κ3) is 3.97. The van der Waals surface area contributed by atoms with Crippen LogP contribution in [0.3, 0.4) is 0 Å². The number of aromatic nitrogens is 3. The quantitative estimate of drug-likeness (QED) is 0.424. The predicted molar refractivity (Wildman–Crippen MR) is 105 cm³/mol. The zero-order valence-corrected chi connectivity index (χ0v) is 16.6. The SMILES string of the molecule is CCn1c(SCC(=O)c2cc(C)sc2C)nnc1-c1ccc(Cl)cc1. The van der Waals surface area contributed by atoms with Crippen LogP contribution in [0.1, 0.15) is 27.0 Å². The number of thioether (sulfide) groups is 1. The lowest BCUT2D eigenvalue weighted by atomic mass is 10.2. The molecule has 0 saturated carbocycles. The summed E-state index contributed by atoms with van der Waals surface area (Å²) in [4.78, 5) is 14.7. The summed E-state index contributed by atoms with van der Waals surface area (Å²) >= 11 is 9.04. The predicted octanol–water partition coefficient (Wildman–Crippen LogP) is 5.27. The van der Waals surface area contributed by atoms with Gasteiger partial charge in [-0.1, -0.05) is 23.4 Å². The van der Waals surface area contributed by atoms with Gasteiger partial charge in [-0.05, 0) is 51.1 Å². The van der Waals surface area contributed by atoms with Gasteiger partial charge in [-0.25, -0.2) is 0 Å². The molecule has 130 valence electrons. The maximum Gasteiger partial charge on any atom is 0.191 e. The summed E-state index contributed by atoms with van der Waals surface area (Å²) < 4.78 is 2.02. The van der Waals surface area contributed by atoms with Gasteiger partial charge in [0.05, 0.1) is 5.75 Å². The van der Waals surface area contributed by atoms with Crippen LogP contribution in [0, 0.1) is 13.8 Å². The highest BCUT2D eigenvalue weighted by atomic mass is 35.5. The fourth-order valence-electron chi connectivity index (χ4n) is 2.61. The third-order valence-electron chi connectivity index (χ3n) is 3.81. The van der Waals surface area contributed by atoms with Crippen molar-refractivity contribution in [2.75, 3.05) is 5.75 Å². The van der Waals surface area contributed by atoms with Crippen molar-refractivity contribution in [1.82, 2.24) is 14.8 Å². The van der Waals surface area contributed by atoms with Crippen LogP contribution in [0.5, 0.6) is 0 Å². The zero-order valence-electron chi connectivity index (χ0n) is 14.2. The number of ketones is 1. The van der Waals surface area contributed by atoms with E-state index in [2.05, 4.69) is 10.2 Å². The maximum atomic E-state index is 12.5. The first-order valence-corrected chi connectivity index (χ1v) is 10.1. The number of Topliss-reactive ketones (excluding diaryl/α,β-unsaturated/α-hetero) is 1.